The van der Waals surface area contributed by atoms with Crippen molar-refractivity contribution in [2.45, 2.75) is 45.4 Å². The fraction of sp³-hybridized carbons (Fsp3) is 0.643. The number of hydrogen-bond donors (Lipinski definition) is 0. The maximum Gasteiger partial charge on any atom is 0.315 e. The molecule has 16 heavy (non-hydrogen) atoms. The summed E-state index contributed by atoms with van der Waals surface area (Å²) in [5.74, 6) is 2.40. The highest BCUT2D eigenvalue weighted by atomic mass is 16.5. The van der Waals surface area contributed by atoms with Crippen LogP contribution in [-0.4, -0.2) is 13.1 Å². The molecule has 0 aliphatic carbocycles. The minimum atomic E-state index is -0.540. The highest BCUT2D eigenvalue weighted by Gasteiger charge is 2.34. The molecule has 0 N–H and O–H groups in total. The molecule has 1 atom stereocenters. The van der Waals surface area contributed by atoms with Crippen LogP contribution in [0.15, 0.2) is 12.7 Å². The first-order chi connectivity index (χ1) is 7.66. The molecular weight excluding hydrogens is 200 g/mol. The fourth-order valence-corrected chi connectivity index (χ4v) is 1.82. The van der Waals surface area contributed by atoms with Crippen LogP contribution in [0.2, 0.25) is 0 Å². The second kappa shape index (κ2) is 7.98. The molecule has 0 amide bonds. The minimum absolute atomic E-state index is 0.187. The zero-order valence-corrected chi connectivity index (χ0v) is 10.4. The molecule has 2 heteroatoms. The highest BCUT2D eigenvalue weighted by Crippen LogP contribution is 2.33. The van der Waals surface area contributed by atoms with E-state index in [9.17, 15) is 4.79 Å². The molecule has 0 saturated carbocycles. The molecule has 0 aromatic carbocycles. The van der Waals surface area contributed by atoms with Crippen molar-refractivity contribution in [1.29, 1.82) is 0 Å². The van der Waals surface area contributed by atoms with Crippen LogP contribution in [-0.2, 0) is 9.53 Å². The third-order valence-electron chi connectivity index (χ3n) is 2.90. The Bertz CT molecular complexity index is 262. The molecule has 0 heterocycles. The van der Waals surface area contributed by atoms with E-state index in [0.29, 0.717) is 6.42 Å². The lowest BCUT2D eigenvalue weighted by Gasteiger charge is -2.27. The molecular formula is C14H22O2. The fourth-order valence-electron chi connectivity index (χ4n) is 1.82. The largest absolute Gasteiger partial charge is 0.468 e. The first-order valence-corrected chi connectivity index (χ1v) is 5.82. The van der Waals surface area contributed by atoms with Crippen molar-refractivity contribution < 1.29 is 9.53 Å². The smallest absolute Gasteiger partial charge is 0.315 e. The summed E-state index contributed by atoms with van der Waals surface area (Å²) in [5.41, 5.74) is -0.540. The predicted octanol–water partition coefficient (Wildman–Crippen LogP) is 3.33. The number of carbonyl (C=O) groups excluding carboxylic acids is 1. The van der Waals surface area contributed by atoms with Gasteiger partial charge in [0.05, 0.1) is 12.5 Å². The Labute approximate surface area is 99.1 Å². The summed E-state index contributed by atoms with van der Waals surface area (Å²) in [6, 6.07) is 0. The van der Waals surface area contributed by atoms with E-state index in [1.165, 1.54) is 7.11 Å². The maximum absolute atomic E-state index is 11.8. The van der Waals surface area contributed by atoms with Crippen molar-refractivity contribution in [3.8, 4) is 12.3 Å². The average Bonchev–Trinajstić information content (AvgIpc) is 2.33. The SMILES string of the molecule is C#CCCC[C@](C=C)(CCCC)C(=O)OC. The monoisotopic (exact) mass is 222 g/mol. The summed E-state index contributed by atoms with van der Waals surface area (Å²) in [5, 5.41) is 0. The minimum Gasteiger partial charge on any atom is -0.468 e. The van der Waals surface area contributed by atoms with Crippen LogP contribution in [0.5, 0.6) is 0 Å². The third kappa shape index (κ3) is 4.10. The lowest BCUT2D eigenvalue weighted by Crippen LogP contribution is -2.30. The summed E-state index contributed by atoms with van der Waals surface area (Å²) >= 11 is 0. The van der Waals surface area contributed by atoms with E-state index in [4.69, 9.17) is 11.2 Å². The summed E-state index contributed by atoms with van der Waals surface area (Å²) in [4.78, 5) is 11.8. The van der Waals surface area contributed by atoms with Crippen LogP contribution >= 0.6 is 0 Å². The summed E-state index contributed by atoms with van der Waals surface area (Å²) < 4.78 is 4.87. The zero-order valence-electron chi connectivity index (χ0n) is 10.4. The van der Waals surface area contributed by atoms with Gasteiger partial charge >= 0.3 is 5.97 Å². The third-order valence-corrected chi connectivity index (χ3v) is 2.90. The van der Waals surface area contributed by atoms with Crippen LogP contribution in [0.4, 0.5) is 0 Å². The van der Waals surface area contributed by atoms with E-state index in [1.807, 2.05) is 0 Å². The molecule has 90 valence electrons. The number of methoxy groups -OCH3 is 1. The molecule has 0 spiro atoms. The van der Waals surface area contributed by atoms with Crippen molar-refractivity contribution in [3.05, 3.63) is 12.7 Å². The number of unbranched alkanes of at least 4 members (excludes halogenated alkanes) is 2. The number of rotatable bonds is 8. The van der Waals surface area contributed by atoms with Crippen molar-refractivity contribution in [2.75, 3.05) is 7.11 Å². The summed E-state index contributed by atoms with van der Waals surface area (Å²) in [6.07, 6.45) is 12.1. The standard InChI is InChI=1S/C14H22O2/c1-5-8-10-12-14(7-3,11-9-6-2)13(15)16-4/h1,7H,3,6,8-12H2,2,4H3/t14-/m0/s1. The lowest BCUT2D eigenvalue weighted by molar-refractivity contribution is -0.150. The van der Waals surface area contributed by atoms with E-state index in [2.05, 4.69) is 19.4 Å². The van der Waals surface area contributed by atoms with Gasteiger partial charge in [-0.2, -0.15) is 0 Å². The summed E-state index contributed by atoms with van der Waals surface area (Å²) in [6.45, 7) is 5.89. The second-order valence-corrected chi connectivity index (χ2v) is 4.01. The molecule has 0 bridgehead atoms. The number of hydrogen-bond acceptors (Lipinski definition) is 2. The van der Waals surface area contributed by atoms with Gasteiger partial charge < -0.3 is 4.74 Å². The van der Waals surface area contributed by atoms with Crippen molar-refractivity contribution in [2.24, 2.45) is 5.41 Å². The Morgan fingerprint density at radius 2 is 2.12 bits per heavy atom. The molecule has 0 rings (SSSR count). The van der Waals surface area contributed by atoms with Crippen LogP contribution in [0.1, 0.15) is 45.4 Å². The van der Waals surface area contributed by atoms with Crippen molar-refractivity contribution in [3.63, 3.8) is 0 Å². The number of ether oxygens (including phenoxy) is 1. The van der Waals surface area contributed by atoms with E-state index < -0.39 is 5.41 Å². The molecule has 2 nitrogen and oxygen atoms in total. The van der Waals surface area contributed by atoms with E-state index in [-0.39, 0.29) is 5.97 Å². The quantitative estimate of drug-likeness (QED) is 0.272. The Hall–Kier alpha value is -1.23. The van der Waals surface area contributed by atoms with Crippen molar-refractivity contribution in [1.82, 2.24) is 0 Å². The lowest BCUT2D eigenvalue weighted by atomic mass is 9.78. The van der Waals surface area contributed by atoms with Crippen molar-refractivity contribution >= 4 is 5.97 Å². The molecule has 0 saturated heterocycles. The topological polar surface area (TPSA) is 26.3 Å². The number of terminal acetylenes is 1. The molecule has 0 unspecified atom stereocenters. The van der Waals surface area contributed by atoms with Gasteiger partial charge in [0.2, 0.25) is 0 Å². The summed E-state index contributed by atoms with van der Waals surface area (Å²) in [7, 11) is 1.42. The zero-order chi connectivity index (χ0) is 12.4. The average molecular weight is 222 g/mol. The van der Waals surface area contributed by atoms with Gasteiger partial charge in [-0.15, -0.1) is 18.9 Å². The molecule has 0 aliphatic rings. The normalized spacial score (nSPS) is 13.6. The first kappa shape index (κ1) is 14.8. The Kier molecular flexibility index (Phi) is 7.37. The second-order valence-electron chi connectivity index (χ2n) is 4.01. The van der Waals surface area contributed by atoms with Crippen LogP contribution in [0.3, 0.4) is 0 Å². The molecule has 0 radical (unpaired) electrons. The highest BCUT2D eigenvalue weighted by molar-refractivity contribution is 5.78. The van der Waals surface area contributed by atoms with Gasteiger partial charge in [-0.1, -0.05) is 25.8 Å². The van der Waals surface area contributed by atoms with Crippen LogP contribution in [0, 0.1) is 17.8 Å². The molecule has 0 fully saturated rings. The number of carbonyl (C=O) groups is 1. The van der Waals surface area contributed by atoms with Gasteiger partial charge in [-0.25, -0.2) is 0 Å². The maximum atomic E-state index is 11.8. The van der Waals surface area contributed by atoms with Gasteiger partial charge in [-0.3, -0.25) is 4.79 Å². The van der Waals surface area contributed by atoms with E-state index in [1.54, 1.807) is 6.08 Å². The van der Waals surface area contributed by atoms with Gasteiger partial charge in [-0.05, 0) is 19.3 Å². The molecule has 0 aromatic heterocycles. The molecule has 0 aliphatic heterocycles. The Balaban J connectivity index is 4.61. The molecule has 0 aromatic rings. The Morgan fingerprint density at radius 3 is 2.56 bits per heavy atom. The van der Waals surface area contributed by atoms with Crippen LogP contribution in [0.25, 0.3) is 0 Å². The van der Waals surface area contributed by atoms with Gasteiger partial charge in [0.1, 0.15) is 0 Å². The van der Waals surface area contributed by atoms with Gasteiger partial charge in [0, 0.05) is 6.42 Å². The van der Waals surface area contributed by atoms with E-state index >= 15 is 0 Å². The predicted molar refractivity (Wildman–Crippen MR) is 66.9 cm³/mol. The van der Waals surface area contributed by atoms with Crippen LogP contribution < -0.4 is 0 Å². The Morgan fingerprint density at radius 1 is 1.50 bits per heavy atom. The first-order valence-electron chi connectivity index (χ1n) is 5.82. The van der Waals surface area contributed by atoms with Gasteiger partial charge in [0.15, 0.2) is 0 Å². The number of esters is 1. The van der Waals surface area contributed by atoms with Gasteiger partial charge in [0.25, 0.3) is 0 Å². The van der Waals surface area contributed by atoms with E-state index in [0.717, 1.165) is 32.1 Å².